The quantitative estimate of drug-likeness (QED) is 0.457. The fourth-order valence-electron chi connectivity index (χ4n) is 0.743. The first-order valence-corrected chi connectivity index (χ1v) is 26.3. The van der Waals surface area contributed by atoms with Crippen molar-refractivity contribution in [1.29, 1.82) is 0 Å². The Kier molecular flexibility index (Phi) is 4.84. The molecule has 0 unspecified atom stereocenters. The van der Waals surface area contributed by atoms with Gasteiger partial charge in [-0.15, -0.1) is 0 Å². The predicted molar refractivity (Wildman–Crippen MR) is 72.9 cm³/mol. The summed E-state index contributed by atoms with van der Waals surface area (Å²) in [5.41, 5.74) is 1.36. The van der Waals surface area contributed by atoms with Gasteiger partial charge in [0.25, 0.3) is 0 Å². The molecule has 0 aliphatic carbocycles. The average Bonchev–Trinajstić information content (AvgIpc) is 1.86. The third-order valence-corrected chi connectivity index (χ3v) is 14.9. The summed E-state index contributed by atoms with van der Waals surface area (Å²) in [5.74, 6) is 0. The number of rotatable bonds is 1. The molecular formula is C7H7I3Zr. The van der Waals surface area contributed by atoms with Crippen LogP contribution in [0.1, 0.15) is 5.56 Å². The Hall–Kier alpha value is 2.29. The molecule has 60 valence electrons. The van der Waals surface area contributed by atoms with Crippen LogP contribution in [0.15, 0.2) is 24.3 Å². The van der Waals surface area contributed by atoms with E-state index in [-0.39, 0.29) is 0 Å². The Labute approximate surface area is 99.4 Å². The third-order valence-electron chi connectivity index (χ3n) is 1.38. The molecule has 0 radical (unpaired) electrons. The van der Waals surface area contributed by atoms with Crippen molar-refractivity contribution in [2.75, 3.05) is 0 Å². The second-order valence-corrected chi connectivity index (χ2v) is 71.6. The van der Waals surface area contributed by atoms with Crippen molar-refractivity contribution in [2.24, 2.45) is 0 Å². The van der Waals surface area contributed by atoms with Gasteiger partial charge < -0.3 is 0 Å². The molecule has 0 aliphatic heterocycles. The molecule has 0 amide bonds. The standard InChI is InChI=1S/C7H7.3HI.Zr/c1-7-5-3-2-4-6-7;;;;/h3-6H,1H3;3*1H;/q;;;;+3/p-3. The van der Waals surface area contributed by atoms with E-state index in [1.54, 1.807) is 3.27 Å². The van der Waals surface area contributed by atoms with Gasteiger partial charge in [-0.1, -0.05) is 0 Å². The Morgan fingerprint density at radius 2 is 1.45 bits per heavy atom. The maximum atomic E-state index is 2.64. The molecule has 0 aromatic heterocycles. The molecule has 0 saturated carbocycles. The Morgan fingerprint density at radius 3 is 1.82 bits per heavy atom. The minimum atomic E-state index is -1.83. The van der Waals surface area contributed by atoms with Crippen LogP contribution in [0, 0.1) is 6.92 Å². The number of benzene rings is 1. The maximum absolute atomic E-state index is 2.64. The second kappa shape index (κ2) is 4.69. The summed E-state index contributed by atoms with van der Waals surface area (Å²) < 4.78 is 1.58. The van der Waals surface area contributed by atoms with Gasteiger partial charge in [-0.2, -0.15) is 0 Å². The summed E-state index contributed by atoms with van der Waals surface area (Å²) in [7, 11) is -1.83. The van der Waals surface area contributed by atoms with E-state index in [0.29, 0.717) is 0 Å². The predicted octanol–water partition coefficient (Wildman–Crippen LogP) is 3.82. The van der Waals surface area contributed by atoms with Crippen LogP contribution in [0.5, 0.6) is 0 Å². The van der Waals surface area contributed by atoms with Crippen LogP contribution in [-0.4, -0.2) is 0 Å². The number of aryl methyl sites for hydroxylation is 1. The van der Waals surface area contributed by atoms with E-state index in [4.69, 9.17) is 0 Å². The minimum absolute atomic E-state index is 1.36. The van der Waals surface area contributed by atoms with Gasteiger partial charge in [0.2, 0.25) is 0 Å². The van der Waals surface area contributed by atoms with Gasteiger partial charge in [-0.3, -0.25) is 0 Å². The molecule has 0 atom stereocenters. The summed E-state index contributed by atoms with van der Waals surface area (Å²) in [4.78, 5) is 0. The van der Waals surface area contributed by atoms with Gasteiger partial charge >= 0.3 is 102 Å². The Balaban J connectivity index is 2.99. The molecule has 1 rings (SSSR count). The molecule has 0 aliphatic rings. The summed E-state index contributed by atoms with van der Waals surface area (Å²) >= 11 is 7.91. The van der Waals surface area contributed by atoms with E-state index in [0.717, 1.165) is 0 Å². The van der Waals surface area contributed by atoms with Gasteiger partial charge in [-0.05, 0) is 0 Å². The first-order valence-electron chi connectivity index (χ1n) is 3.14. The molecule has 0 bridgehead atoms. The van der Waals surface area contributed by atoms with Crippen LogP contribution in [0.3, 0.4) is 0 Å². The number of halogens is 3. The summed E-state index contributed by atoms with van der Waals surface area (Å²) in [6.07, 6.45) is 0. The molecule has 1 aromatic rings. The monoisotopic (exact) mass is 562 g/mol. The second-order valence-electron chi connectivity index (χ2n) is 2.36. The summed E-state index contributed by atoms with van der Waals surface area (Å²) in [6.45, 7) is 2.13. The summed E-state index contributed by atoms with van der Waals surface area (Å²) in [5, 5.41) is 0. The fourth-order valence-corrected chi connectivity index (χ4v) is 8.46. The van der Waals surface area contributed by atoms with Crippen LogP contribution >= 0.6 is 54.1 Å². The Bertz CT molecular complexity index is 237. The topological polar surface area (TPSA) is 0 Å². The van der Waals surface area contributed by atoms with Crippen molar-refractivity contribution in [3.05, 3.63) is 29.8 Å². The SMILES string of the molecule is Cc1cc[c]([Zr]([I])([I])[I])cc1. The average molecular weight is 563 g/mol. The molecule has 4 heteroatoms. The molecule has 0 spiro atoms. The Morgan fingerprint density at radius 1 is 1.00 bits per heavy atom. The van der Waals surface area contributed by atoms with Gasteiger partial charge in [0, 0.05) is 0 Å². The van der Waals surface area contributed by atoms with Gasteiger partial charge in [0.05, 0.1) is 0 Å². The van der Waals surface area contributed by atoms with Crippen LogP contribution in [-0.2, 0) is 7.70 Å². The van der Waals surface area contributed by atoms with Gasteiger partial charge in [0.15, 0.2) is 0 Å². The van der Waals surface area contributed by atoms with Gasteiger partial charge in [-0.25, -0.2) is 0 Å². The molecule has 11 heavy (non-hydrogen) atoms. The zero-order valence-electron chi connectivity index (χ0n) is 5.94. The molecule has 0 heterocycles. The van der Waals surface area contributed by atoms with Crippen molar-refractivity contribution < 1.29 is 7.70 Å². The van der Waals surface area contributed by atoms with E-state index in [1.807, 2.05) is 0 Å². The molecule has 1 aromatic carbocycles. The fraction of sp³-hybridized carbons (Fsp3) is 0.143. The van der Waals surface area contributed by atoms with E-state index < -0.39 is 7.70 Å². The normalized spacial score (nSPS) is 11.6. The zero-order chi connectivity index (χ0) is 8.48. The van der Waals surface area contributed by atoms with Crippen molar-refractivity contribution in [1.82, 2.24) is 0 Å². The first-order chi connectivity index (χ1) is 5.00. The first kappa shape index (κ1) is 11.4. The van der Waals surface area contributed by atoms with Crippen molar-refractivity contribution in [2.45, 2.75) is 6.92 Å². The van der Waals surface area contributed by atoms with E-state index in [1.165, 1.54) is 5.56 Å². The molecule has 0 nitrogen and oxygen atoms in total. The van der Waals surface area contributed by atoms with E-state index in [2.05, 4.69) is 85.3 Å². The number of hydrogen-bond donors (Lipinski definition) is 0. The van der Waals surface area contributed by atoms with Crippen LogP contribution in [0.4, 0.5) is 0 Å². The van der Waals surface area contributed by atoms with Gasteiger partial charge in [0.1, 0.15) is 0 Å². The van der Waals surface area contributed by atoms with Crippen molar-refractivity contribution in [3.63, 3.8) is 0 Å². The molecule has 0 saturated heterocycles. The van der Waals surface area contributed by atoms with E-state index >= 15 is 0 Å². The molecule has 0 N–H and O–H groups in total. The van der Waals surface area contributed by atoms with Crippen molar-refractivity contribution in [3.8, 4) is 0 Å². The van der Waals surface area contributed by atoms with Crippen LogP contribution in [0.2, 0.25) is 0 Å². The third kappa shape index (κ3) is 3.89. The number of hydrogen-bond acceptors (Lipinski definition) is 0. The molecule has 0 fully saturated rings. The summed E-state index contributed by atoms with van der Waals surface area (Å²) in [6, 6.07) is 8.96. The van der Waals surface area contributed by atoms with Crippen LogP contribution in [0.25, 0.3) is 0 Å². The molecular weight excluding hydrogens is 556 g/mol. The van der Waals surface area contributed by atoms with Crippen LogP contribution < -0.4 is 3.27 Å². The van der Waals surface area contributed by atoms with E-state index in [9.17, 15) is 0 Å². The van der Waals surface area contributed by atoms with Crippen molar-refractivity contribution >= 4 is 57.4 Å². The zero-order valence-corrected chi connectivity index (χ0v) is 14.9.